The van der Waals surface area contributed by atoms with Crippen LogP contribution >= 0.6 is 0 Å². The Morgan fingerprint density at radius 3 is 2.54 bits per heavy atom. The molecule has 0 radical (unpaired) electrons. The maximum atomic E-state index is 13.5. The summed E-state index contributed by atoms with van der Waals surface area (Å²) in [6.45, 7) is 9.20. The van der Waals surface area contributed by atoms with Crippen LogP contribution in [-0.2, 0) is 19.9 Å². The molecule has 4 atom stereocenters. The van der Waals surface area contributed by atoms with Crippen LogP contribution in [-0.4, -0.2) is 39.8 Å². The van der Waals surface area contributed by atoms with Crippen LogP contribution in [0.5, 0.6) is 5.75 Å². The molecule has 8 nitrogen and oxygen atoms in total. The summed E-state index contributed by atoms with van der Waals surface area (Å²) in [5.74, 6) is -3.42. The number of allylic oxidation sites excluding steroid dienone is 2. The fourth-order valence-electron chi connectivity index (χ4n) is 5.74. The summed E-state index contributed by atoms with van der Waals surface area (Å²) in [4.78, 5) is 53.0. The fraction of sp³-hybridized carbons (Fsp3) is 0.484. The van der Waals surface area contributed by atoms with Crippen LogP contribution in [0.25, 0.3) is 0 Å². The van der Waals surface area contributed by atoms with Crippen LogP contribution in [0.1, 0.15) is 91.6 Å². The minimum Gasteiger partial charge on any atom is -0.507 e. The highest BCUT2D eigenvalue weighted by Crippen LogP contribution is 2.49. The number of nitrogens with one attached hydrogen (secondary N) is 1. The zero-order chi connectivity index (χ0) is 28.6. The van der Waals surface area contributed by atoms with E-state index in [9.17, 15) is 29.4 Å². The minimum atomic E-state index is -2.03. The van der Waals surface area contributed by atoms with Crippen molar-refractivity contribution in [2.45, 2.75) is 78.4 Å². The van der Waals surface area contributed by atoms with Crippen molar-refractivity contribution in [1.82, 2.24) is 5.32 Å². The van der Waals surface area contributed by atoms with Gasteiger partial charge in [0, 0.05) is 35.6 Å². The predicted molar refractivity (Wildman–Crippen MR) is 145 cm³/mol. The SMILES string of the molecule is CC[C@H]1C=CC[C@H](CC(C)C)OC(=O)C(C)=C[C@H]2C(=O)NC3=CC(=O)c4c(cc(C)c(O)c4C(=O)CC1)[C@@]32O. The summed E-state index contributed by atoms with van der Waals surface area (Å²) >= 11 is 0. The van der Waals surface area contributed by atoms with Gasteiger partial charge in [-0.25, -0.2) is 4.79 Å². The summed E-state index contributed by atoms with van der Waals surface area (Å²) in [6.07, 6.45) is 8.57. The maximum Gasteiger partial charge on any atom is 0.333 e. The van der Waals surface area contributed by atoms with Gasteiger partial charge in [0.15, 0.2) is 11.6 Å². The van der Waals surface area contributed by atoms with Crippen molar-refractivity contribution in [1.29, 1.82) is 0 Å². The van der Waals surface area contributed by atoms with E-state index < -0.39 is 35.0 Å². The molecule has 2 aliphatic heterocycles. The van der Waals surface area contributed by atoms with Gasteiger partial charge < -0.3 is 20.3 Å². The smallest absolute Gasteiger partial charge is 0.333 e. The molecule has 1 amide bonds. The zero-order valence-corrected chi connectivity index (χ0v) is 23.2. The van der Waals surface area contributed by atoms with E-state index in [1.165, 1.54) is 19.1 Å². The van der Waals surface area contributed by atoms with Gasteiger partial charge in [-0.15, -0.1) is 0 Å². The molecule has 0 unspecified atom stereocenters. The molecule has 4 rings (SSSR count). The number of ketones is 2. The molecule has 39 heavy (non-hydrogen) atoms. The summed E-state index contributed by atoms with van der Waals surface area (Å²) < 4.78 is 5.83. The topological polar surface area (TPSA) is 130 Å². The quantitative estimate of drug-likeness (QED) is 0.382. The first-order valence-electron chi connectivity index (χ1n) is 13.6. The first-order valence-corrected chi connectivity index (χ1v) is 13.6. The van der Waals surface area contributed by atoms with E-state index in [1.54, 1.807) is 6.92 Å². The van der Waals surface area contributed by atoms with Gasteiger partial charge in [-0.2, -0.15) is 0 Å². The Morgan fingerprint density at radius 1 is 1.15 bits per heavy atom. The van der Waals surface area contributed by atoms with Crippen LogP contribution in [0.15, 0.2) is 41.6 Å². The monoisotopic (exact) mass is 535 g/mol. The third-order valence-corrected chi connectivity index (χ3v) is 7.92. The molecule has 208 valence electrons. The summed E-state index contributed by atoms with van der Waals surface area (Å²) in [6, 6.07) is 1.44. The summed E-state index contributed by atoms with van der Waals surface area (Å²) in [7, 11) is 0. The van der Waals surface area contributed by atoms with Gasteiger partial charge in [0.1, 0.15) is 17.5 Å². The number of phenols is 1. The molecule has 1 fully saturated rings. The third-order valence-electron chi connectivity index (χ3n) is 7.92. The first-order chi connectivity index (χ1) is 18.4. The molecular formula is C31H37NO7. The highest BCUT2D eigenvalue weighted by molar-refractivity contribution is 6.17. The van der Waals surface area contributed by atoms with E-state index in [2.05, 4.69) is 5.32 Å². The Bertz CT molecular complexity index is 1320. The number of aryl methyl sites for hydroxylation is 1. The number of aliphatic hydroxyl groups is 1. The normalized spacial score (nSPS) is 27.6. The van der Waals surface area contributed by atoms with Gasteiger partial charge in [-0.05, 0) is 56.6 Å². The highest BCUT2D eigenvalue weighted by atomic mass is 16.5. The molecule has 0 spiro atoms. The van der Waals surface area contributed by atoms with Crippen molar-refractivity contribution < 1.29 is 34.1 Å². The Balaban J connectivity index is 1.91. The van der Waals surface area contributed by atoms with Gasteiger partial charge >= 0.3 is 5.97 Å². The van der Waals surface area contributed by atoms with E-state index in [0.717, 1.165) is 12.5 Å². The first kappa shape index (κ1) is 28.5. The van der Waals surface area contributed by atoms with Crippen LogP contribution in [0, 0.1) is 24.7 Å². The van der Waals surface area contributed by atoms with Gasteiger partial charge in [-0.1, -0.05) is 39.0 Å². The summed E-state index contributed by atoms with van der Waals surface area (Å²) in [5, 5.41) is 25.6. The predicted octanol–water partition coefficient (Wildman–Crippen LogP) is 4.57. The lowest BCUT2D eigenvalue weighted by Crippen LogP contribution is -2.39. The number of benzene rings is 1. The molecule has 1 aromatic carbocycles. The second-order valence-electron chi connectivity index (χ2n) is 11.3. The molecule has 1 saturated heterocycles. The Kier molecular flexibility index (Phi) is 7.98. The van der Waals surface area contributed by atoms with Crippen LogP contribution in [0.3, 0.4) is 0 Å². The van der Waals surface area contributed by atoms with Crippen LogP contribution in [0.2, 0.25) is 0 Å². The number of esters is 1. The van der Waals surface area contributed by atoms with E-state index in [1.807, 2.05) is 32.9 Å². The molecule has 0 saturated carbocycles. The number of hydrogen-bond acceptors (Lipinski definition) is 7. The van der Waals surface area contributed by atoms with Crippen molar-refractivity contribution in [3.63, 3.8) is 0 Å². The Hall–Kier alpha value is -3.52. The second kappa shape index (κ2) is 10.9. The molecule has 3 aliphatic rings. The molecule has 8 heteroatoms. The van der Waals surface area contributed by atoms with Crippen molar-refractivity contribution in [2.24, 2.45) is 17.8 Å². The molecule has 1 aliphatic carbocycles. The van der Waals surface area contributed by atoms with Crippen molar-refractivity contribution in [3.05, 3.63) is 63.9 Å². The lowest BCUT2D eigenvalue weighted by molar-refractivity contribution is -0.144. The number of aromatic hydroxyl groups is 1. The Morgan fingerprint density at radius 2 is 1.87 bits per heavy atom. The van der Waals surface area contributed by atoms with Gasteiger partial charge in [0.05, 0.1) is 17.2 Å². The van der Waals surface area contributed by atoms with Gasteiger partial charge in [0.2, 0.25) is 5.91 Å². The number of Topliss-reactive ketones (excluding diaryl/α,β-unsaturated/α-hetero) is 1. The lowest BCUT2D eigenvalue weighted by Gasteiger charge is -2.34. The van der Waals surface area contributed by atoms with Gasteiger partial charge in [0.25, 0.3) is 0 Å². The number of carbonyl (C=O) groups excluding carboxylic acids is 4. The zero-order valence-electron chi connectivity index (χ0n) is 23.2. The molecule has 1 aromatic rings. The second-order valence-corrected chi connectivity index (χ2v) is 11.3. The van der Waals surface area contributed by atoms with Crippen molar-refractivity contribution >= 4 is 23.4 Å². The molecule has 3 N–H and O–H groups in total. The average molecular weight is 536 g/mol. The largest absolute Gasteiger partial charge is 0.507 e. The number of cyclic esters (lactones) is 1. The number of phenolic OH excluding ortho intramolecular Hbond substituents is 1. The van der Waals surface area contributed by atoms with Crippen LogP contribution in [0.4, 0.5) is 0 Å². The van der Waals surface area contributed by atoms with E-state index in [-0.39, 0.29) is 58.1 Å². The number of hydrogen-bond donors (Lipinski definition) is 3. The number of ether oxygens (including phenoxy) is 1. The van der Waals surface area contributed by atoms with Crippen molar-refractivity contribution in [2.75, 3.05) is 0 Å². The molecular weight excluding hydrogens is 498 g/mol. The number of amides is 1. The maximum absolute atomic E-state index is 13.5. The van der Waals surface area contributed by atoms with Crippen LogP contribution < -0.4 is 5.32 Å². The van der Waals surface area contributed by atoms with Crippen molar-refractivity contribution in [3.8, 4) is 5.75 Å². The van der Waals surface area contributed by atoms with E-state index in [0.29, 0.717) is 24.8 Å². The van der Waals surface area contributed by atoms with E-state index in [4.69, 9.17) is 4.74 Å². The standard InChI is InChI=1S/C31H37NO7/c1-6-19-8-7-9-20(12-16(2)3)39-30(37)18(5)14-22-29(36)32-25-15-24(34)26-21(31(22,25)38)13-17(4)28(35)27(26)23(33)11-10-19/h7-8,13-16,19-20,22,35,38H,6,9-12H2,1-5H3,(H,32,36)/t19-,20+,22-,31-/m0/s1. The summed E-state index contributed by atoms with van der Waals surface area (Å²) in [5.41, 5.74) is -1.83. The van der Waals surface area contributed by atoms with Gasteiger partial charge in [-0.3, -0.25) is 14.4 Å². The number of rotatable bonds is 3. The minimum absolute atomic E-state index is 0.0262. The molecule has 2 heterocycles. The number of carbonyl (C=O) groups is 4. The lowest BCUT2D eigenvalue weighted by atomic mass is 9.72. The Labute approximate surface area is 228 Å². The fourth-order valence-corrected chi connectivity index (χ4v) is 5.74. The highest BCUT2D eigenvalue weighted by Gasteiger charge is 2.55. The molecule has 0 aromatic heterocycles. The van der Waals surface area contributed by atoms with E-state index >= 15 is 0 Å². The average Bonchev–Trinajstić information content (AvgIpc) is 3.10. The third kappa shape index (κ3) is 5.22. The molecule has 4 bridgehead atoms.